The van der Waals surface area contributed by atoms with E-state index in [-0.39, 0.29) is 25.8 Å². The van der Waals surface area contributed by atoms with Crippen LogP contribution < -0.4 is 0 Å². The van der Waals surface area contributed by atoms with Gasteiger partial charge in [-0.1, -0.05) is 0 Å². The Balaban J connectivity index is 0. The van der Waals surface area contributed by atoms with Gasteiger partial charge in [0.05, 0.1) is 19.8 Å². The van der Waals surface area contributed by atoms with E-state index in [0.29, 0.717) is 24.9 Å². The van der Waals surface area contributed by atoms with Crippen molar-refractivity contribution in [3.8, 4) is 0 Å². The van der Waals surface area contributed by atoms with Gasteiger partial charge in [0, 0.05) is 19.6 Å². The second-order valence-corrected chi connectivity index (χ2v) is 3.51. The molecule has 0 aromatic heterocycles. The number of methoxy groups -OCH3 is 1. The minimum Gasteiger partial charge on any atom is -0.395 e. The SMILES string of the molecule is COC(=O)[CH2][Ge].OCCN(CCO)CCO. The summed E-state index contributed by atoms with van der Waals surface area (Å²) in [6.07, 6.45) is 0. The van der Waals surface area contributed by atoms with Crippen molar-refractivity contribution < 1.29 is 24.9 Å². The number of carbonyl (C=O) groups excluding carboxylic acids is 1. The second kappa shape index (κ2) is 14.9. The van der Waals surface area contributed by atoms with Gasteiger partial charge in [-0.15, -0.1) is 0 Å². The van der Waals surface area contributed by atoms with Gasteiger partial charge in [0.2, 0.25) is 0 Å². The van der Waals surface area contributed by atoms with Crippen molar-refractivity contribution in [3.05, 3.63) is 0 Å². The molecule has 0 rings (SSSR count). The van der Waals surface area contributed by atoms with E-state index >= 15 is 0 Å². The molecule has 0 aromatic rings. The van der Waals surface area contributed by atoms with E-state index in [2.05, 4.69) is 4.74 Å². The molecule has 0 unspecified atom stereocenters. The first kappa shape index (κ1) is 18.2. The topological polar surface area (TPSA) is 90.2 Å². The molecule has 6 nitrogen and oxygen atoms in total. The molecular weight excluding hydrogens is 275 g/mol. The summed E-state index contributed by atoms with van der Waals surface area (Å²) in [5, 5.41) is 25.9. The van der Waals surface area contributed by atoms with E-state index in [0.717, 1.165) is 0 Å². The fraction of sp³-hybridized carbons (Fsp3) is 0.889. The standard InChI is InChI=1S/C6H15NO3.C3H5GeO2/c8-4-1-7(2-5-9)3-6-10;1-6-3(5)2-4/h8-10H,1-6H2;2H2,1H3. The molecule has 0 amide bonds. The summed E-state index contributed by atoms with van der Waals surface area (Å²) in [7, 11) is 1.38. The van der Waals surface area contributed by atoms with Crippen LogP contribution in [0.25, 0.3) is 0 Å². The Morgan fingerprint density at radius 1 is 1.12 bits per heavy atom. The molecule has 0 atom stereocenters. The maximum atomic E-state index is 9.96. The first-order chi connectivity index (χ1) is 7.65. The molecule has 0 heterocycles. The van der Waals surface area contributed by atoms with E-state index in [1.165, 1.54) is 7.11 Å². The van der Waals surface area contributed by atoms with Crippen LogP contribution in [-0.4, -0.2) is 89.3 Å². The normalized spacial score (nSPS) is 9.62. The van der Waals surface area contributed by atoms with Crippen LogP contribution in [0.5, 0.6) is 0 Å². The summed E-state index contributed by atoms with van der Waals surface area (Å²) >= 11 is 1.76. The molecule has 0 saturated carbocycles. The van der Waals surface area contributed by atoms with Crippen LogP contribution in [0, 0.1) is 0 Å². The smallest absolute Gasteiger partial charge is 0.0558 e. The summed E-state index contributed by atoms with van der Waals surface area (Å²) in [4.78, 5) is 11.8. The van der Waals surface area contributed by atoms with E-state index in [4.69, 9.17) is 15.3 Å². The molecule has 0 aliphatic rings. The second-order valence-electron chi connectivity index (χ2n) is 2.77. The summed E-state index contributed by atoms with van der Waals surface area (Å²) in [5.74, 6) is -0.157. The van der Waals surface area contributed by atoms with Gasteiger partial charge in [0.25, 0.3) is 0 Å². The van der Waals surface area contributed by atoms with E-state index in [1.807, 2.05) is 0 Å². The van der Waals surface area contributed by atoms with Crippen LogP contribution in [0.2, 0.25) is 5.25 Å². The molecule has 0 fully saturated rings. The van der Waals surface area contributed by atoms with Crippen molar-refractivity contribution in [1.29, 1.82) is 0 Å². The van der Waals surface area contributed by atoms with Crippen molar-refractivity contribution in [2.75, 3.05) is 46.6 Å². The summed E-state index contributed by atoms with van der Waals surface area (Å²) < 4.78 is 4.26. The van der Waals surface area contributed by atoms with Crippen molar-refractivity contribution in [3.63, 3.8) is 0 Å². The van der Waals surface area contributed by atoms with Gasteiger partial charge in [0.15, 0.2) is 0 Å². The number of aliphatic hydroxyl groups excluding tert-OH is 3. The van der Waals surface area contributed by atoms with Crippen LogP contribution in [-0.2, 0) is 9.53 Å². The molecule has 3 radical (unpaired) electrons. The van der Waals surface area contributed by atoms with Gasteiger partial charge in [0.1, 0.15) is 0 Å². The van der Waals surface area contributed by atoms with Crippen LogP contribution in [0.1, 0.15) is 0 Å². The Bertz CT molecular complexity index is 139. The van der Waals surface area contributed by atoms with Crippen LogP contribution in [0.4, 0.5) is 0 Å². The van der Waals surface area contributed by atoms with Crippen molar-refractivity contribution in [1.82, 2.24) is 4.90 Å². The van der Waals surface area contributed by atoms with E-state index < -0.39 is 0 Å². The van der Waals surface area contributed by atoms with Gasteiger partial charge >= 0.3 is 44.4 Å². The van der Waals surface area contributed by atoms with Gasteiger partial charge in [-0.2, -0.15) is 0 Å². The number of ether oxygens (including phenoxy) is 1. The number of hydrogen-bond acceptors (Lipinski definition) is 6. The fourth-order valence-electron chi connectivity index (χ4n) is 0.832. The Hall–Kier alpha value is -0.147. The molecule has 3 N–H and O–H groups in total. The third-order valence-electron chi connectivity index (χ3n) is 1.62. The molecule has 7 heteroatoms. The maximum Gasteiger partial charge on any atom is 0.0558 e. The molecule has 0 aliphatic heterocycles. The number of carbonyl (C=O) groups is 1. The van der Waals surface area contributed by atoms with Crippen LogP contribution in [0.15, 0.2) is 0 Å². The Kier molecular flexibility index (Phi) is 16.9. The fourth-order valence-corrected chi connectivity index (χ4v) is 1.13. The predicted octanol–water partition coefficient (Wildman–Crippen LogP) is -1.99. The van der Waals surface area contributed by atoms with Crippen LogP contribution in [0.3, 0.4) is 0 Å². The number of rotatable bonds is 7. The van der Waals surface area contributed by atoms with Gasteiger partial charge in [-0.05, 0) is 0 Å². The first-order valence-electron chi connectivity index (χ1n) is 4.92. The average Bonchev–Trinajstić information content (AvgIpc) is 2.30. The molecule has 95 valence electrons. The molecular formula is C9H20GeNO5. The Morgan fingerprint density at radius 3 is 1.62 bits per heavy atom. The summed E-state index contributed by atoms with van der Waals surface area (Å²) in [6, 6.07) is 0. The minimum absolute atomic E-state index is 0.0694. The van der Waals surface area contributed by atoms with Crippen LogP contribution >= 0.6 is 0 Å². The number of nitrogens with zero attached hydrogens (tertiary/aromatic N) is 1. The van der Waals surface area contributed by atoms with E-state index in [9.17, 15) is 4.79 Å². The quantitative estimate of drug-likeness (QED) is 0.372. The minimum atomic E-state index is -0.157. The zero-order valence-electron chi connectivity index (χ0n) is 9.56. The van der Waals surface area contributed by atoms with Crippen molar-refractivity contribution >= 4 is 22.5 Å². The number of aliphatic hydroxyl groups is 3. The zero-order chi connectivity index (χ0) is 12.8. The molecule has 0 aromatic carbocycles. The summed E-state index contributed by atoms with van der Waals surface area (Å²) in [5.41, 5.74) is 0. The maximum absolute atomic E-state index is 9.96. The number of hydrogen-bond donors (Lipinski definition) is 3. The third-order valence-corrected chi connectivity index (χ3v) is 2.23. The average molecular weight is 295 g/mol. The van der Waals surface area contributed by atoms with Crippen molar-refractivity contribution in [2.24, 2.45) is 0 Å². The Labute approximate surface area is 104 Å². The van der Waals surface area contributed by atoms with Gasteiger partial charge in [-0.25, -0.2) is 0 Å². The Morgan fingerprint density at radius 2 is 1.50 bits per heavy atom. The molecule has 0 saturated heterocycles. The number of esters is 1. The predicted molar refractivity (Wildman–Crippen MR) is 60.3 cm³/mol. The largest absolute Gasteiger partial charge is 0.395 e. The van der Waals surface area contributed by atoms with Gasteiger partial charge in [-0.3, -0.25) is 4.90 Å². The van der Waals surface area contributed by atoms with E-state index in [1.54, 1.807) is 21.4 Å². The molecule has 16 heavy (non-hydrogen) atoms. The molecule has 0 aliphatic carbocycles. The zero-order valence-corrected chi connectivity index (χ0v) is 11.7. The van der Waals surface area contributed by atoms with Gasteiger partial charge < -0.3 is 15.3 Å². The molecule has 0 spiro atoms. The molecule has 0 bridgehead atoms. The monoisotopic (exact) mass is 296 g/mol. The first-order valence-corrected chi connectivity index (χ1v) is 6.40. The van der Waals surface area contributed by atoms with Crippen molar-refractivity contribution in [2.45, 2.75) is 5.25 Å². The third kappa shape index (κ3) is 13.9. The summed E-state index contributed by atoms with van der Waals surface area (Å²) in [6.45, 7) is 1.75.